The molecule has 1 aliphatic rings. The maximum Gasteiger partial charge on any atom is 0.136 e. The number of fused-ring (bicyclic) bond motifs is 6. The molecule has 0 atom stereocenters. The summed E-state index contributed by atoms with van der Waals surface area (Å²) >= 11 is 0. The van der Waals surface area contributed by atoms with Gasteiger partial charge in [0.05, 0.1) is 5.69 Å². The zero-order valence-electron chi connectivity index (χ0n) is 23.1. The molecule has 2 nitrogen and oxygen atoms in total. The minimum absolute atomic E-state index is 0.934. The molecule has 0 saturated carbocycles. The Morgan fingerprint density at radius 3 is 2.17 bits per heavy atom. The van der Waals surface area contributed by atoms with Crippen LogP contribution in [0.15, 0.2) is 137 Å². The summed E-state index contributed by atoms with van der Waals surface area (Å²) in [6, 6.07) is 43.6. The van der Waals surface area contributed by atoms with E-state index in [2.05, 4.69) is 127 Å². The number of allylic oxidation sites excluding steroid dienone is 1. The van der Waals surface area contributed by atoms with E-state index < -0.39 is 0 Å². The van der Waals surface area contributed by atoms with Crippen LogP contribution in [0.4, 0.5) is 5.69 Å². The Kier molecular flexibility index (Phi) is 5.12. The molecule has 0 unspecified atom stereocenters. The van der Waals surface area contributed by atoms with E-state index in [9.17, 15) is 0 Å². The Balaban J connectivity index is 1.24. The van der Waals surface area contributed by atoms with Crippen molar-refractivity contribution < 1.29 is 4.42 Å². The van der Waals surface area contributed by atoms with Gasteiger partial charge >= 0.3 is 0 Å². The molecule has 42 heavy (non-hydrogen) atoms. The van der Waals surface area contributed by atoms with E-state index in [1.54, 1.807) is 0 Å². The summed E-state index contributed by atoms with van der Waals surface area (Å²) in [6.07, 6.45) is 5.40. The van der Waals surface area contributed by atoms with Gasteiger partial charge in [-0.05, 0) is 92.5 Å². The third-order valence-electron chi connectivity index (χ3n) is 8.94. The first-order valence-electron chi connectivity index (χ1n) is 14.8. The summed E-state index contributed by atoms with van der Waals surface area (Å²) < 4.78 is 6.27. The molecule has 0 amide bonds. The molecule has 9 rings (SSSR count). The summed E-state index contributed by atoms with van der Waals surface area (Å²) in [5.41, 5.74) is 8.98. The highest BCUT2D eigenvalue weighted by atomic mass is 16.3. The first-order valence-corrected chi connectivity index (χ1v) is 14.8. The van der Waals surface area contributed by atoms with Crippen molar-refractivity contribution in [3.63, 3.8) is 0 Å². The van der Waals surface area contributed by atoms with Gasteiger partial charge < -0.3 is 4.42 Å². The predicted molar refractivity (Wildman–Crippen MR) is 177 cm³/mol. The third kappa shape index (κ3) is 3.48. The van der Waals surface area contributed by atoms with Crippen molar-refractivity contribution in [2.75, 3.05) is 0 Å². The lowest BCUT2D eigenvalue weighted by molar-refractivity contribution is 0.669. The minimum Gasteiger partial charge on any atom is -0.456 e. The van der Waals surface area contributed by atoms with Crippen LogP contribution in [0.3, 0.4) is 0 Å². The number of hydrogen-bond donors (Lipinski definition) is 0. The second-order valence-electron chi connectivity index (χ2n) is 11.3. The van der Waals surface area contributed by atoms with E-state index in [1.165, 1.54) is 65.4 Å². The average molecular weight is 538 g/mol. The smallest absolute Gasteiger partial charge is 0.136 e. The molecular weight excluding hydrogens is 510 g/mol. The fourth-order valence-corrected chi connectivity index (χ4v) is 7.05. The molecular formula is C40H27NO. The zero-order chi connectivity index (χ0) is 27.6. The van der Waals surface area contributed by atoms with Crippen LogP contribution < -0.4 is 0 Å². The minimum atomic E-state index is 0.934. The third-order valence-corrected chi connectivity index (χ3v) is 8.94. The molecule has 1 aliphatic heterocycles. The van der Waals surface area contributed by atoms with Crippen molar-refractivity contribution in [1.82, 2.24) is 0 Å². The van der Waals surface area contributed by atoms with Gasteiger partial charge in [0.15, 0.2) is 0 Å². The van der Waals surface area contributed by atoms with E-state index in [0.29, 0.717) is 0 Å². The predicted octanol–water partition coefficient (Wildman–Crippen LogP) is 11.2. The van der Waals surface area contributed by atoms with Crippen molar-refractivity contribution in [2.45, 2.75) is 19.3 Å². The quantitative estimate of drug-likeness (QED) is 0.201. The number of hydrogen-bond acceptors (Lipinski definition) is 2. The maximum absolute atomic E-state index is 6.27. The lowest BCUT2D eigenvalue weighted by Gasteiger charge is -2.13. The van der Waals surface area contributed by atoms with Crippen molar-refractivity contribution in [2.24, 2.45) is 4.99 Å². The summed E-state index contributed by atoms with van der Waals surface area (Å²) in [4.78, 5) is 5.34. The number of aliphatic imine (C=N–C) groups is 1. The summed E-state index contributed by atoms with van der Waals surface area (Å²) in [5.74, 6) is 0. The van der Waals surface area contributed by atoms with Crippen LogP contribution in [0.2, 0.25) is 0 Å². The van der Waals surface area contributed by atoms with Gasteiger partial charge in [0.25, 0.3) is 0 Å². The van der Waals surface area contributed by atoms with Gasteiger partial charge in [-0.1, -0.05) is 103 Å². The highest BCUT2D eigenvalue weighted by molar-refractivity contribution is 6.36. The first kappa shape index (κ1) is 23.5. The standard InChI is InChI=1S/C40H27NO/c1-2-10-25(11-3-1)28-12-4-6-16-34(41-35-17-7-5-13-30(28)35)27-21-22-29-26(24-27)20-23-32-31-14-8-18-36-39(31)40-33(38(29)32)15-9-19-37(40)42-36/h1-3,5,7-15,17-24H,4,6,16H2/b28-12-,41-34?. The molecule has 0 aliphatic carbocycles. The molecule has 7 aromatic carbocycles. The number of rotatable bonds is 2. The van der Waals surface area contributed by atoms with Crippen LogP contribution in [0.5, 0.6) is 0 Å². The average Bonchev–Trinajstić information content (AvgIpc) is 3.47. The number of furan rings is 1. The van der Waals surface area contributed by atoms with Gasteiger partial charge in [-0.15, -0.1) is 0 Å². The van der Waals surface area contributed by atoms with Gasteiger partial charge in [0, 0.05) is 22.0 Å². The van der Waals surface area contributed by atoms with E-state index >= 15 is 0 Å². The highest BCUT2D eigenvalue weighted by Gasteiger charge is 2.19. The molecule has 0 fully saturated rings. The van der Waals surface area contributed by atoms with Crippen molar-refractivity contribution in [1.29, 1.82) is 0 Å². The monoisotopic (exact) mass is 537 g/mol. The number of benzene rings is 7. The van der Waals surface area contributed by atoms with Gasteiger partial charge in [0.2, 0.25) is 0 Å². The highest BCUT2D eigenvalue weighted by Crippen LogP contribution is 2.44. The van der Waals surface area contributed by atoms with Crippen LogP contribution in [-0.2, 0) is 0 Å². The number of para-hydroxylation sites is 1. The molecule has 0 saturated heterocycles. The molecule has 2 heterocycles. The second-order valence-corrected chi connectivity index (χ2v) is 11.3. The largest absolute Gasteiger partial charge is 0.456 e. The van der Waals surface area contributed by atoms with Gasteiger partial charge in [-0.2, -0.15) is 0 Å². The Labute approximate surface area is 243 Å². The van der Waals surface area contributed by atoms with Crippen LogP contribution in [0.1, 0.15) is 36.0 Å². The molecule has 0 radical (unpaired) electrons. The molecule has 1 aromatic heterocycles. The topological polar surface area (TPSA) is 25.5 Å². The van der Waals surface area contributed by atoms with E-state index in [0.717, 1.165) is 41.8 Å². The van der Waals surface area contributed by atoms with Gasteiger partial charge in [-0.3, -0.25) is 4.99 Å². The van der Waals surface area contributed by atoms with Crippen molar-refractivity contribution in [3.8, 4) is 0 Å². The van der Waals surface area contributed by atoms with E-state index in [-0.39, 0.29) is 0 Å². The first-order chi connectivity index (χ1) is 20.8. The normalized spacial score (nSPS) is 15.4. The Hall–Kier alpha value is -5.21. The Bertz CT molecular complexity index is 2370. The fraction of sp³-hybridized carbons (Fsp3) is 0.0750. The lowest BCUT2D eigenvalue weighted by Crippen LogP contribution is -2.01. The van der Waals surface area contributed by atoms with Crippen LogP contribution in [-0.4, -0.2) is 5.71 Å². The van der Waals surface area contributed by atoms with E-state index in [4.69, 9.17) is 9.41 Å². The molecule has 0 N–H and O–H groups in total. The molecule has 198 valence electrons. The maximum atomic E-state index is 6.27. The SMILES string of the molecule is C1=C(/c2ccccc2)c2ccccc2N=C(c2ccc3c(ccc4c5cccc6oc7cccc(c34)c7c65)c2)CCC/1. The summed E-state index contributed by atoms with van der Waals surface area (Å²) in [7, 11) is 0. The number of nitrogens with zero attached hydrogens (tertiary/aromatic N) is 1. The van der Waals surface area contributed by atoms with E-state index in [1.807, 2.05) is 0 Å². The van der Waals surface area contributed by atoms with Crippen molar-refractivity contribution in [3.05, 3.63) is 144 Å². The van der Waals surface area contributed by atoms with Crippen molar-refractivity contribution >= 4 is 71.2 Å². The molecule has 2 heteroatoms. The van der Waals surface area contributed by atoms with Gasteiger partial charge in [-0.25, -0.2) is 0 Å². The van der Waals surface area contributed by atoms with Crippen LogP contribution in [0.25, 0.3) is 59.8 Å². The molecule has 0 bridgehead atoms. The second kappa shape index (κ2) is 9.15. The molecule has 0 spiro atoms. The Morgan fingerprint density at radius 2 is 1.29 bits per heavy atom. The van der Waals surface area contributed by atoms with Crippen LogP contribution >= 0.6 is 0 Å². The van der Waals surface area contributed by atoms with Gasteiger partial charge in [0.1, 0.15) is 11.2 Å². The lowest BCUT2D eigenvalue weighted by atomic mass is 9.90. The summed E-state index contributed by atoms with van der Waals surface area (Å²) in [6.45, 7) is 0. The van der Waals surface area contributed by atoms with Crippen LogP contribution in [0, 0.1) is 0 Å². The fourth-order valence-electron chi connectivity index (χ4n) is 7.05. The summed E-state index contributed by atoms with van der Waals surface area (Å²) in [5, 5.41) is 10.0. The molecule has 8 aromatic rings. The Morgan fingerprint density at radius 1 is 0.548 bits per heavy atom. The zero-order valence-corrected chi connectivity index (χ0v) is 23.1.